The highest BCUT2D eigenvalue weighted by atomic mass is 79.9. The van der Waals surface area contributed by atoms with Gasteiger partial charge in [0, 0.05) is 16.6 Å². The molecule has 2 N–H and O–H groups in total. The lowest BCUT2D eigenvalue weighted by Crippen LogP contribution is -2.31. The molecule has 2 aromatic rings. The van der Waals surface area contributed by atoms with Crippen LogP contribution in [0, 0.1) is 5.82 Å². The first-order valence-corrected chi connectivity index (χ1v) is 7.81. The smallest absolute Gasteiger partial charge is 0.145 e. The fourth-order valence-corrected chi connectivity index (χ4v) is 2.53. The zero-order valence-corrected chi connectivity index (χ0v) is 13.9. The highest BCUT2D eigenvalue weighted by Gasteiger charge is 2.21. The maximum atomic E-state index is 13.5. The van der Waals surface area contributed by atoms with Crippen molar-refractivity contribution in [1.29, 1.82) is 0 Å². The lowest BCUT2D eigenvalue weighted by Gasteiger charge is -2.25. The molecule has 0 spiro atoms. The van der Waals surface area contributed by atoms with E-state index in [2.05, 4.69) is 15.9 Å². The molecule has 0 amide bonds. The van der Waals surface area contributed by atoms with Crippen molar-refractivity contribution in [2.75, 3.05) is 0 Å². The first kappa shape index (κ1) is 16.3. The summed E-state index contributed by atoms with van der Waals surface area (Å²) in [6.45, 7) is 1.99. The third kappa shape index (κ3) is 4.19. The quantitative estimate of drug-likeness (QED) is 0.792. The minimum absolute atomic E-state index is 0.0705. The standard InChI is InChI=1S/C16H16BrClFNO/c1-2-15(20)16(10-4-3-5-11(17)8-10)21-12-6-7-13(18)14(19)9-12/h3-9,15-16H,2,20H2,1H3. The van der Waals surface area contributed by atoms with Gasteiger partial charge in [-0.15, -0.1) is 0 Å². The second kappa shape index (κ2) is 7.25. The number of benzene rings is 2. The lowest BCUT2D eigenvalue weighted by molar-refractivity contribution is 0.170. The molecule has 0 heterocycles. The molecule has 112 valence electrons. The van der Waals surface area contributed by atoms with Crippen molar-refractivity contribution in [3.63, 3.8) is 0 Å². The Balaban J connectivity index is 2.30. The molecule has 2 unspecified atom stereocenters. The van der Waals surface area contributed by atoms with Gasteiger partial charge in [-0.25, -0.2) is 4.39 Å². The second-order valence-corrected chi connectivity index (χ2v) is 6.06. The van der Waals surface area contributed by atoms with E-state index in [1.54, 1.807) is 6.07 Å². The van der Waals surface area contributed by atoms with E-state index in [-0.39, 0.29) is 17.2 Å². The number of hydrogen-bond donors (Lipinski definition) is 1. The number of halogens is 3. The molecule has 0 aliphatic carbocycles. The van der Waals surface area contributed by atoms with Crippen LogP contribution >= 0.6 is 27.5 Å². The molecule has 0 saturated heterocycles. The third-order valence-corrected chi connectivity index (χ3v) is 3.99. The first-order valence-electron chi connectivity index (χ1n) is 6.64. The van der Waals surface area contributed by atoms with E-state index in [4.69, 9.17) is 22.1 Å². The predicted molar refractivity (Wildman–Crippen MR) is 87.2 cm³/mol. The molecule has 2 atom stereocenters. The van der Waals surface area contributed by atoms with Gasteiger partial charge in [0.25, 0.3) is 0 Å². The van der Waals surface area contributed by atoms with Gasteiger partial charge < -0.3 is 10.5 Å². The molecular weight excluding hydrogens is 357 g/mol. The Morgan fingerprint density at radius 1 is 1.29 bits per heavy atom. The normalized spacial score (nSPS) is 13.8. The first-order chi connectivity index (χ1) is 10.0. The van der Waals surface area contributed by atoms with Crippen molar-refractivity contribution in [3.8, 4) is 5.75 Å². The maximum Gasteiger partial charge on any atom is 0.145 e. The van der Waals surface area contributed by atoms with Crippen LogP contribution < -0.4 is 10.5 Å². The summed E-state index contributed by atoms with van der Waals surface area (Å²) in [5, 5.41) is 0.0705. The molecule has 2 nitrogen and oxygen atoms in total. The van der Waals surface area contributed by atoms with Crippen LogP contribution in [0.25, 0.3) is 0 Å². The molecule has 0 bridgehead atoms. The van der Waals surface area contributed by atoms with Crippen LogP contribution in [0.4, 0.5) is 4.39 Å². The van der Waals surface area contributed by atoms with Crippen LogP contribution in [0.5, 0.6) is 5.75 Å². The maximum absolute atomic E-state index is 13.5. The molecule has 0 saturated carbocycles. The van der Waals surface area contributed by atoms with Gasteiger partial charge in [0.05, 0.1) is 5.02 Å². The Hall–Kier alpha value is -1.10. The molecule has 21 heavy (non-hydrogen) atoms. The number of rotatable bonds is 5. The van der Waals surface area contributed by atoms with Crippen LogP contribution in [0.2, 0.25) is 5.02 Å². The molecule has 0 aromatic heterocycles. The number of hydrogen-bond acceptors (Lipinski definition) is 2. The van der Waals surface area contributed by atoms with Gasteiger partial charge >= 0.3 is 0 Å². The second-order valence-electron chi connectivity index (χ2n) is 4.74. The summed E-state index contributed by atoms with van der Waals surface area (Å²) < 4.78 is 20.4. The Bertz CT molecular complexity index is 623. The SMILES string of the molecule is CCC(N)C(Oc1ccc(Cl)c(F)c1)c1cccc(Br)c1. The molecule has 0 fully saturated rings. The van der Waals surface area contributed by atoms with E-state index < -0.39 is 5.82 Å². The highest BCUT2D eigenvalue weighted by Crippen LogP contribution is 2.29. The molecule has 5 heteroatoms. The highest BCUT2D eigenvalue weighted by molar-refractivity contribution is 9.10. The van der Waals surface area contributed by atoms with E-state index >= 15 is 0 Å². The summed E-state index contributed by atoms with van der Waals surface area (Å²) in [5.74, 6) is -0.0991. The zero-order chi connectivity index (χ0) is 15.4. The van der Waals surface area contributed by atoms with E-state index in [1.165, 1.54) is 12.1 Å². The van der Waals surface area contributed by atoms with Gasteiger partial charge in [0.15, 0.2) is 0 Å². The van der Waals surface area contributed by atoms with Crippen LogP contribution in [0.3, 0.4) is 0 Å². The molecule has 0 aliphatic rings. The average molecular weight is 373 g/mol. The predicted octanol–water partition coefficient (Wildman–Crippen LogP) is 5.10. The van der Waals surface area contributed by atoms with Crippen molar-refractivity contribution in [2.45, 2.75) is 25.5 Å². The van der Waals surface area contributed by atoms with Crippen LogP contribution in [-0.2, 0) is 0 Å². The van der Waals surface area contributed by atoms with E-state index in [0.717, 1.165) is 16.5 Å². The monoisotopic (exact) mass is 371 g/mol. The van der Waals surface area contributed by atoms with E-state index in [0.29, 0.717) is 5.75 Å². The molecular formula is C16H16BrClFNO. The largest absolute Gasteiger partial charge is 0.484 e. The fraction of sp³-hybridized carbons (Fsp3) is 0.250. The summed E-state index contributed by atoms with van der Waals surface area (Å²) in [6, 6.07) is 11.9. The van der Waals surface area contributed by atoms with Gasteiger partial charge in [0.1, 0.15) is 17.7 Å². The van der Waals surface area contributed by atoms with Crippen molar-refractivity contribution in [2.24, 2.45) is 5.73 Å². The van der Waals surface area contributed by atoms with E-state index in [9.17, 15) is 4.39 Å². The Morgan fingerprint density at radius 2 is 2.05 bits per heavy atom. The Morgan fingerprint density at radius 3 is 2.67 bits per heavy atom. The fourth-order valence-electron chi connectivity index (χ4n) is 2.00. The minimum Gasteiger partial charge on any atom is -0.484 e. The summed E-state index contributed by atoms with van der Waals surface area (Å²) in [4.78, 5) is 0. The molecule has 2 rings (SSSR count). The van der Waals surface area contributed by atoms with Crippen LogP contribution in [-0.4, -0.2) is 6.04 Å². The van der Waals surface area contributed by atoms with Gasteiger partial charge in [0.2, 0.25) is 0 Å². The lowest BCUT2D eigenvalue weighted by atomic mass is 10.0. The number of nitrogens with two attached hydrogens (primary N) is 1. The number of ether oxygens (including phenoxy) is 1. The molecule has 0 radical (unpaired) electrons. The molecule has 2 aromatic carbocycles. The summed E-state index contributed by atoms with van der Waals surface area (Å²) in [6.07, 6.45) is 0.390. The Labute approximate surface area is 137 Å². The average Bonchev–Trinajstić information content (AvgIpc) is 2.47. The van der Waals surface area contributed by atoms with Gasteiger partial charge in [-0.1, -0.05) is 46.6 Å². The van der Waals surface area contributed by atoms with Crippen molar-refractivity contribution in [1.82, 2.24) is 0 Å². The topological polar surface area (TPSA) is 35.2 Å². The van der Waals surface area contributed by atoms with E-state index in [1.807, 2.05) is 31.2 Å². The summed E-state index contributed by atoms with van der Waals surface area (Å²) >= 11 is 9.12. The minimum atomic E-state index is -0.507. The van der Waals surface area contributed by atoms with Crippen molar-refractivity contribution in [3.05, 3.63) is 63.3 Å². The Kier molecular flexibility index (Phi) is 5.62. The summed E-state index contributed by atoms with van der Waals surface area (Å²) in [7, 11) is 0. The van der Waals surface area contributed by atoms with Crippen molar-refractivity contribution < 1.29 is 9.13 Å². The third-order valence-electron chi connectivity index (χ3n) is 3.19. The molecule has 0 aliphatic heterocycles. The van der Waals surface area contributed by atoms with Gasteiger partial charge in [-0.2, -0.15) is 0 Å². The van der Waals surface area contributed by atoms with Crippen molar-refractivity contribution >= 4 is 27.5 Å². The summed E-state index contributed by atoms with van der Waals surface area (Å²) in [5.41, 5.74) is 7.09. The van der Waals surface area contributed by atoms with Gasteiger partial charge in [-0.3, -0.25) is 0 Å². The van der Waals surface area contributed by atoms with Crippen LogP contribution in [0.1, 0.15) is 25.0 Å². The zero-order valence-electron chi connectivity index (χ0n) is 11.5. The van der Waals surface area contributed by atoms with Crippen LogP contribution in [0.15, 0.2) is 46.9 Å². The van der Waals surface area contributed by atoms with Gasteiger partial charge in [-0.05, 0) is 36.2 Å².